The van der Waals surface area contributed by atoms with E-state index in [0.717, 1.165) is 24.2 Å². The third kappa shape index (κ3) is 4.37. The molecule has 0 aromatic heterocycles. The van der Waals surface area contributed by atoms with E-state index in [2.05, 4.69) is 61.5 Å². The molecule has 2 aromatic rings. The van der Waals surface area contributed by atoms with Gasteiger partial charge in [0.05, 0.1) is 0 Å². The zero-order valence-corrected chi connectivity index (χ0v) is 26.7. The largest absolute Gasteiger partial charge is 1.00 e. The van der Waals surface area contributed by atoms with E-state index < -0.39 is 21.3 Å². The van der Waals surface area contributed by atoms with E-state index in [0.29, 0.717) is 11.3 Å². The quantitative estimate of drug-likeness (QED) is 0.421. The van der Waals surface area contributed by atoms with Crippen molar-refractivity contribution in [2.45, 2.75) is 84.0 Å². The summed E-state index contributed by atoms with van der Waals surface area (Å²) in [5.74, 6) is 3.77. The SMILES string of the molecule is CC1C=C(C23CC4CC(CC(C4)C2)C3)C=[C]1[Zr+2](=[C]1CCCCC1)[c]1cccc2c1Cc1ccccc1-2.[Cl-].[Cl-]. The molecule has 5 fully saturated rings. The fourth-order valence-electron chi connectivity index (χ4n) is 9.97. The summed E-state index contributed by atoms with van der Waals surface area (Å²) in [7, 11) is 0. The van der Waals surface area contributed by atoms with Crippen molar-refractivity contribution in [3.8, 4) is 11.1 Å². The maximum atomic E-state index is 2.87. The molecular weight excluding hydrogens is 583 g/mol. The summed E-state index contributed by atoms with van der Waals surface area (Å²) >= 11 is -2.16. The molecule has 7 aliphatic carbocycles. The molecule has 3 heteroatoms. The summed E-state index contributed by atoms with van der Waals surface area (Å²) in [6, 6.07) is 16.6. The monoisotopic (exact) mass is 620 g/mol. The molecule has 1 unspecified atom stereocenters. The van der Waals surface area contributed by atoms with Gasteiger partial charge in [0.15, 0.2) is 0 Å². The van der Waals surface area contributed by atoms with Crippen LogP contribution in [0.15, 0.2) is 63.5 Å². The van der Waals surface area contributed by atoms with Crippen molar-refractivity contribution in [2.24, 2.45) is 29.1 Å². The molecule has 198 valence electrons. The second-order valence-electron chi connectivity index (χ2n) is 13.4. The number of fused-ring (bicyclic) bond motifs is 3. The third-order valence-electron chi connectivity index (χ3n) is 11.1. The van der Waals surface area contributed by atoms with E-state index >= 15 is 0 Å². The number of rotatable bonds is 3. The molecular formula is C35H40Cl2Zr. The zero-order valence-electron chi connectivity index (χ0n) is 22.7. The van der Waals surface area contributed by atoms with Crippen LogP contribution >= 0.6 is 0 Å². The molecule has 0 N–H and O–H groups in total. The van der Waals surface area contributed by atoms with Crippen molar-refractivity contribution < 1.29 is 46.1 Å². The standard InChI is InChI=1S/C16H21.C13H9.C6H10.2ClH.Zr/c1-11-2-3-15(4-11)16-8-12-5-13(9-16)7-14(6-12)10-16;1-3-7-12-10(5-1)9-11-6-2-4-8-13(11)12;1-2-4-6-5-3-1;;;/h3-4,11-14H,5-10H2,1H3;1-5,7-8H,9H2;1-5H2;2*1H;/q;;;;;+2/p-2. The Hall–Kier alpha value is -0.747. The van der Waals surface area contributed by atoms with Crippen molar-refractivity contribution in [2.75, 3.05) is 0 Å². The molecule has 0 saturated heterocycles. The summed E-state index contributed by atoms with van der Waals surface area (Å²) in [5.41, 5.74) is 8.68. The molecule has 7 aliphatic rings. The molecule has 0 spiro atoms. The molecule has 0 radical (unpaired) electrons. The van der Waals surface area contributed by atoms with Crippen LogP contribution in [-0.2, 0) is 27.7 Å². The molecule has 1 atom stereocenters. The van der Waals surface area contributed by atoms with E-state index in [4.69, 9.17) is 0 Å². The fraction of sp³-hybridized carbons (Fsp3) is 0.514. The Morgan fingerprint density at radius 1 is 0.763 bits per heavy atom. The molecule has 0 aliphatic heterocycles. The van der Waals surface area contributed by atoms with Gasteiger partial charge < -0.3 is 24.8 Å². The van der Waals surface area contributed by atoms with Crippen molar-refractivity contribution in [3.05, 3.63) is 74.6 Å². The van der Waals surface area contributed by atoms with Crippen LogP contribution in [0.5, 0.6) is 0 Å². The Labute approximate surface area is 249 Å². The number of halogens is 2. The molecule has 38 heavy (non-hydrogen) atoms. The van der Waals surface area contributed by atoms with E-state index in [1.807, 2.05) is 15.3 Å². The Morgan fingerprint density at radius 3 is 2.13 bits per heavy atom. The molecule has 4 bridgehead atoms. The maximum Gasteiger partial charge on any atom is -1.00 e. The normalized spacial score (nSPS) is 31.8. The first-order valence-corrected chi connectivity index (χ1v) is 18.7. The first-order valence-electron chi connectivity index (χ1n) is 15.0. The van der Waals surface area contributed by atoms with Crippen LogP contribution < -0.4 is 28.1 Å². The Bertz CT molecular complexity index is 1300. The van der Waals surface area contributed by atoms with Gasteiger partial charge in [-0.05, 0) is 0 Å². The van der Waals surface area contributed by atoms with Crippen LogP contribution in [0.25, 0.3) is 11.1 Å². The number of hydrogen-bond donors (Lipinski definition) is 0. The number of hydrogen-bond acceptors (Lipinski definition) is 0. The first-order chi connectivity index (χ1) is 17.7. The summed E-state index contributed by atoms with van der Waals surface area (Å²) in [6.45, 7) is 2.57. The van der Waals surface area contributed by atoms with E-state index in [1.165, 1.54) is 56.9 Å². The van der Waals surface area contributed by atoms with Crippen molar-refractivity contribution in [3.63, 3.8) is 0 Å². The summed E-state index contributed by atoms with van der Waals surface area (Å²) in [5, 5.41) is 0. The second kappa shape index (κ2) is 10.6. The van der Waals surface area contributed by atoms with Gasteiger partial charge in [0.2, 0.25) is 0 Å². The average Bonchev–Trinajstić information content (AvgIpc) is 3.46. The van der Waals surface area contributed by atoms with E-state index in [9.17, 15) is 0 Å². The maximum absolute atomic E-state index is 2.87. The van der Waals surface area contributed by atoms with Gasteiger partial charge in [0, 0.05) is 0 Å². The minimum Gasteiger partial charge on any atom is -1.00 e. The fourth-order valence-corrected chi connectivity index (χ4v) is 18.8. The van der Waals surface area contributed by atoms with Crippen LogP contribution in [0.4, 0.5) is 0 Å². The number of allylic oxidation sites excluding steroid dienone is 4. The second-order valence-corrected chi connectivity index (χ2v) is 19.7. The third-order valence-corrected chi connectivity index (χ3v) is 19.4. The van der Waals surface area contributed by atoms with Crippen LogP contribution in [0.1, 0.15) is 88.7 Å². The molecule has 0 amide bonds. The van der Waals surface area contributed by atoms with Gasteiger partial charge in [0.1, 0.15) is 0 Å². The van der Waals surface area contributed by atoms with Gasteiger partial charge in [-0.2, -0.15) is 0 Å². The minimum absolute atomic E-state index is 0. The van der Waals surface area contributed by atoms with Crippen molar-refractivity contribution >= 4 is 6.48 Å². The van der Waals surface area contributed by atoms with Gasteiger partial charge in [-0.15, -0.1) is 0 Å². The summed E-state index contributed by atoms with van der Waals surface area (Å²) < 4.78 is 5.80. The molecule has 0 nitrogen and oxygen atoms in total. The van der Waals surface area contributed by atoms with E-state index in [-0.39, 0.29) is 24.8 Å². The van der Waals surface area contributed by atoms with Crippen molar-refractivity contribution in [1.82, 2.24) is 0 Å². The smallest absolute Gasteiger partial charge is 1.00 e. The predicted molar refractivity (Wildman–Crippen MR) is 148 cm³/mol. The molecule has 0 heterocycles. The Kier molecular flexibility index (Phi) is 7.64. The Balaban J connectivity index is 0.00000132. The first kappa shape index (κ1) is 27.4. The van der Waals surface area contributed by atoms with Crippen LogP contribution in [0.2, 0.25) is 0 Å². The summed E-state index contributed by atoms with van der Waals surface area (Å²) in [6.07, 6.45) is 23.2. The van der Waals surface area contributed by atoms with Gasteiger partial charge >= 0.3 is 227 Å². The van der Waals surface area contributed by atoms with Gasteiger partial charge in [0.25, 0.3) is 0 Å². The van der Waals surface area contributed by atoms with Crippen LogP contribution in [-0.4, -0.2) is 3.21 Å². The van der Waals surface area contributed by atoms with Crippen molar-refractivity contribution in [1.29, 1.82) is 0 Å². The summed E-state index contributed by atoms with van der Waals surface area (Å²) in [4.78, 5) is 0. The van der Waals surface area contributed by atoms with Crippen LogP contribution in [0.3, 0.4) is 0 Å². The van der Waals surface area contributed by atoms with Gasteiger partial charge in [-0.1, -0.05) is 0 Å². The van der Waals surface area contributed by atoms with Gasteiger partial charge in [-0.25, -0.2) is 0 Å². The van der Waals surface area contributed by atoms with Crippen LogP contribution in [0, 0.1) is 29.1 Å². The molecule has 9 rings (SSSR count). The Morgan fingerprint density at radius 2 is 1.42 bits per heavy atom. The minimum atomic E-state index is -2.16. The zero-order chi connectivity index (χ0) is 23.9. The average molecular weight is 623 g/mol. The number of benzene rings is 2. The predicted octanol–water partition coefficient (Wildman–Crippen LogP) is 2.32. The molecule has 5 saturated carbocycles. The van der Waals surface area contributed by atoms with Gasteiger partial charge in [-0.3, -0.25) is 0 Å². The topological polar surface area (TPSA) is 0 Å². The van der Waals surface area contributed by atoms with E-state index in [1.54, 1.807) is 36.0 Å². The molecule has 2 aromatic carbocycles.